The van der Waals surface area contributed by atoms with Gasteiger partial charge in [-0.05, 0) is 39.3 Å². The molecule has 0 bridgehead atoms. The highest BCUT2D eigenvalue weighted by Gasteiger charge is 2.16. The Hall–Kier alpha value is -1.46. The van der Waals surface area contributed by atoms with E-state index in [2.05, 4.69) is 35.3 Å². The number of ether oxygens (including phenoxy) is 1. The molecule has 2 rings (SSSR count). The second-order valence-electron chi connectivity index (χ2n) is 5.72. The molecule has 110 valence electrons. The van der Waals surface area contributed by atoms with Gasteiger partial charge < -0.3 is 10.1 Å². The van der Waals surface area contributed by atoms with Gasteiger partial charge in [0, 0.05) is 38.3 Å². The highest BCUT2D eigenvalue weighted by Crippen LogP contribution is 2.16. The van der Waals surface area contributed by atoms with E-state index in [-0.39, 0.29) is 5.60 Å². The molecule has 0 fully saturated rings. The number of aromatic nitrogens is 3. The van der Waals surface area contributed by atoms with Crippen LogP contribution >= 0.6 is 0 Å². The average molecular weight is 276 g/mol. The molecule has 20 heavy (non-hydrogen) atoms. The maximum atomic E-state index is 5.67. The third kappa shape index (κ3) is 3.35. The van der Waals surface area contributed by atoms with Crippen molar-refractivity contribution in [1.82, 2.24) is 20.1 Å². The highest BCUT2D eigenvalue weighted by atomic mass is 16.5. The number of hydrogen-bond acceptors (Lipinski definition) is 4. The van der Waals surface area contributed by atoms with Crippen LogP contribution in [0.1, 0.15) is 32.0 Å². The Balaban J connectivity index is 2.02. The van der Waals surface area contributed by atoms with E-state index in [0.29, 0.717) is 0 Å². The van der Waals surface area contributed by atoms with Gasteiger partial charge in [-0.2, -0.15) is 5.10 Å². The van der Waals surface area contributed by atoms with E-state index in [9.17, 15) is 0 Å². The van der Waals surface area contributed by atoms with E-state index in [1.165, 1.54) is 5.56 Å². The van der Waals surface area contributed by atoms with Crippen molar-refractivity contribution in [3.05, 3.63) is 23.5 Å². The molecule has 0 spiro atoms. The van der Waals surface area contributed by atoms with Crippen molar-refractivity contribution in [2.75, 3.05) is 13.2 Å². The second kappa shape index (κ2) is 5.89. The van der Waals surface area contributed by atoms with E-state index < -0.39 is 0 Å². The lowest BCUT2D eigenvalue weighted by Gasteiger charge is -2.25. The summed E-state index contributed by atoms with van der Waals surface area (Å²) >= 11 is 0. The number of aryl methyl sites for hydroxylation is 2. The van der Waals surface area contributed by atoms with Crippen molar-refractivity contribution in [2.24, 2.45) is 7.05 Å². The lowest BCUT2D eigenvalue weighted by molar-refractivity contribution is -0.00897. The molecule has 0 saturated carbocycles. The molecule has 5 heteroatoms. The largest absolute Gasteiger partial charge is 0.375 e. The Morgan fingerprint density at radius 1 is 1.40 bits per heavy atom. The van der Waals surface area contributed by atoms with Gasteiger partial charge in [0.15, 0.2) is 5.65 Å². The van der Waals surface area contributed by atoms with Crippen LogP contribution in [0.3, 0.4) is 0 Å². The molecule has 2 aromatic rings. The monoisotopic (exact) mass is 276 g/mol. The highest BCUT2D eigenvalue weighted by molar-refractivity contribution is 5.78. The van der Waals surface area contributed by atoms with Crippen LogP contribution in [-0.4, -0.2) is 33.5 Å². The predicted octanol–water partition coefficient (Wildman–Crippen LogP) is 2.18. The third-order valence-electron chi connectivity index (χ3n) is 3.33. The molecule has 0 atom stereocenters. The molecule has 2 aromatic heterocycles. The first-order valence-corrected chi connectivity index (χ1v) is 7.06. The van der Waals surface area contributed by atoms with Crippen LogP contribution in [0.2, 0.25) is 0 Å². The number of rotatable bonds is 6. The lowest BCUT2D eigenvalue weighted by atomic mass is 10.1. The number of pyridine rings is 1. The van der Waals surface area contributed by atoms with Gasteiger partial charge in [-0.3, -0.25) is 4.68 Å². The van der Waals surface area contributed by atoms with Gasteiger partial charge in [0.25, 0.3) is 0 Å². The maximum Gasteiger partial charge on any atom is 0.157 e. The standard InChI is InChI=1S/C15H24N4O/c1-6-20-15(3,4)10-16-8-12-7-13-11(2)18-19(5)14(13)17-9-12/h7,9,16H,6,8,10H2,1-5H3. The van der Waals surface area contributed by atoms with Crippen molar-refractivity contribution in [1.29, 1.82) is 0 Å². The van der Waals surface area contributed by atoms with E-state index >= 15 is 0 Å². The number of nitrogens with one attached hydrogen (secondary N) is 1. The van der Waals surface area contributed by atoms with Crippen molar-refractivity contribution in [3.8, 4) is 0 Å². The quantitative estimate of drug-likeness (QED) is 0.878. The molecule has 0 amide bonds. The van der Waals surface area contributed by atoms with Crippen molar-refractivity contribution < 1.29 is 4.74 Å². The smallest absolute Gasteiger partial charge is 0.157 e. The molecule has 0 unspecified atom stereocenters. The summed E-state index contributed by atoms with van der Waals surface area (Å²) in [5.74, 6) is 0. The third-order valence-corrected chi connectivity index (χ3v) is 3.33. The molecule has 1 N–H and O–H groups in total. The molecule has 0 aliphatic rings. The summed E-state index contributed by atoms with van der Waals surface area (Å²) in [7, 11) is 1.92. The normalized spacial score (nSPS) is 12.2. The zero-order valence-electron chi connectivity index (χ0n) is 13.0. The van der Waals surface area contributed by atoms with Gasteiger partial charge >= 0.3 is 0 Å². The maximum absolute atomic E-state index is 5.67. The van der Waals surface area contributed by atoms with Crippen molar-refractivity contribution >= 4 is 11.0 Å². The van der Waals surface area contributed by atoms with E-state index in [4.69, 9.17) is 4.74 Å². The van der Waals surface area contributed by atoms with E-state index in [0.717, 1.165) is 36.4 Å². The summed E-state index contributed by atoms with van der Waals surface area (Å²) in [6.07, 6.45) is 1.91. The first kappa shape index (κ1) is 14.9. The summed E-state index contributed by atoms with van der Waals surface area (Å²) < 4.78 is 7.49. The van der Waals surface area contributed by atoms with Gasteiger partial charge in [-0.1, -0.05) is 0 Å². The van der Waals surface area contributed by atoms with Gasteiger partial charge in [-0.25, -0.2) is 4.98 Å². The van der Waals surface area contributed by atoms with Gasteiger partial charge in [0.1, 0.15) is 0 Å². The molecule has 0 aliphatic heterocycles. The SMILES string of the molecule is CCOC(C)(C)CNCc1cnc2c(c1)c(C)nn2C. The molecule has 5 nitrogen and oxygen atoms in total. The number of fused-ring (bicyclic) bond motifs is 1. The Morgan fingerprint density at radius 2 is 2.15 bits per heavy atom. The summed E-state index contributed by atoms with van der Waals surface area (Å²) in [4.78, 5) is 4.48. The Morgan fingerprint density at radius 3 is 2.85 bits per heavy atom. The minimum Gasteiger partial charge on any atom is -0.375 e. The summed E-state index contributed by atoms with van der Waals surface area (Å²) in [6, 6.07) is 2.16. The molecule has 0 aliphatic carbocycles. The van der Waals surface area contributed by atoms with Crippen LogP contribution in [0.25, 0.3) is 11.0 Å². The zero-order valence-corrected chi connectivity index (χ0v) is 13.0. The average Bonchev–Trinajstić information content (AvgIpc) is 2.64. The minimum absolute atomic E-state index is 0.142. The van der Waals surface area contributed by atoms with Crippen LogP contribution < -0.4 is 5.32 Å². The van der Waals surface area contributed by atoms with Crippen LogP contribution in [0, 0.1) is 6.92 Å². The van der Waals surface area contributed by atoms with Gasteiger partial charge in [-0.15, -0.1) is 0 Å². The van der Waals surface area contributed by atoms with Crippen LogP contribution in [-0.2, 0) is 18.3 Å². The van der Waals surface area contributed by atoms with Gasteiger partial charge in [0.2, 0.25) is 0 Å². The Labute approximate surface area is 120 Å². The number of hydrogen-bond donors (Lipinski definition) is 1. The molecule has 0 radical (unpaired) electrons. The van der Waals surface area contributed by atoms with Crippen LogP contribution in [0.15, 0.2) is 12.3 Å². The fraction of sp³-hybridized carbons (Fsp3) is 0.600. The second-order valence-corrected chi connectivity index (χ2v) is 5.72. The molecular formula is C15H24N4O. The lowest BCUT2D eigenvalue weighted by Crippen LogP contribution is -2.37. The van der Waals surface area contributed by atoms with Crippen molar-refractivity contribution in [3.63, 3.8) is 0 Å². The van der Waals surface area contributed by atoms with Crippen LogP contribution in [0.4, 0.5) is 0 Å². The van der Waals surface area contributed by atoms with Crippen LogP contribution in [0.5, 0.6) is 0 Å². The summed E-state index contributed by atoms with van der Waals surface area (Å²) in [5.41, 5.74) is 2.98. The van der Waals surface area contributed by atoms with E-state index in [1.807, 2.05) is 31.8 Å². The fourth-order valence-electron chi connectivity index (χ4n) is 2.40. The molecule has 0 aromatic carbocycles. The van der Waals surface area contributed by atoms with Gasteiger partial charge in [0.05, 0.1) is 11.3 Å². The molecule has 0 saturated heterocycles. The Bertz CT molecular complexity index is 589. The molecule has 2 heterocycles. The molecular weight excluding hydrogens is 252 g/mol. The minimum atomic E-state index is -0.142. The zero-order chi connectivity index (χ0) is 14.8. The van der Waals surface area contributed by atoms with E-state index in [1.54, 1.807) is 0 Å². The summed E-state index contributed by atoms with van der Waals surface area (Å²) in [5, 5.41) is 8.94. The Kier molecular flexibility index (Phi) is 4.40. The number of nitrogens with zero attached hydrogens (tertiary/aromatic N) is 3. The fourth-order valence-corrected chi connectivity index (χ4v) is 2.40. The first-order valence-electron chi connectivity index (χ1n) is 7.06. The van der Waals surface area contributed by atoms with Crippen molar-refractivity contribution in [2.45, 2.75) is 39.8 Å². The first-order chi connectivity index (χ1) is 9.43. The topological polar surface area (TPSA) is 52.0 Å². The summed E-state index contributed by atoms with van der Waals surface area (Å²) in [6.45, 7) is 10.5. The predicted molar refractivity (Wildman–Crippen MR) is 80.7 cm³/mol.